The van der Waals surface area contributed by atoms with Crippen LogP contribution >= 0.6 is 0 Å². The Bertz CT molecular complexity index is 764. The number of benzene rings is 1. The number of ether oxygens (including phenoxy) is 2. The van der Waals surface area contributed by atoms with Crippen LogP contribution in [-0.2, 0) is 11.2 Å². The van der Waals surface area contributed by atoms with Crippen molar-refractivity contribution < 1.29 is 14.3 Å². The third-order valence-electron chi connectivity index (χ3n) is 5.07. The van der Waals surface area contributed by atoms with Gasteiger partial charge in [0.2, 0.25) is 5.91 Å². The number of rotatable bonds is 7. The number of carbonyl (C=O) groups is 1. The molecule has 0 aliphatic heterocycles. The van der Waals surface area contributed by atoms with E-state index in [1.807, 2.05) is 25.1 Å². The Hall–Kier alpha value is -2.50. The second-order valence-corrected chi connectivity index (χ2v) is 6.75. The predicted molar refractivity (Wildman–Crippen MR) is 102 cm³/mol. The van der Waals surface area contributed by atoms with Gasteiger partial charge < -0.3 is 14.8 Å². The quantitative estimate of drug-likeness (QED) is 0.779. The first-order valence-electron chi connectivity index (χ1n) is 9.25. The summed E-state index contributed by atoms with van der Waals surface area (Å²) in [7, 11) is 3.21. The molecule has 1 aliphatic carbocycles. The predicted octanol–water partition coefficient (Wildman–Crippen LogP) is 4.18. The van der Waals surface area contributed by atoms with E-state index in [1.54, 1.807) is 14.2 Å². The standard InChI is InChI=1S/C20H27N3O3/c1-4-15-20(21-18(24)11-13-7-5-6-8-13)19(23-22-15)14-9-10-16(25-2)17(12-14)26-3/h9-10,12-13H,4-8,11H2,1-3H3,(H,21,24)(H,22,23). The van der Waals surface area contributed by atoms with E-state index in [0.29, 0.717) is 23.8 Å². The van der Waals surface area contributed by atoms with Crippen molar-refractivity contribution in [2.45, 2.75) is 45.4 Å². The van der Waals surface area contributed by atoms with Gasteiger partial charge in [-0.2, -0.15) is 5.10 Å². The fourth-order valence-corrected chi connectivity index (χ4v) is 3.63. The first-order valence-corrected chi connectivity index (χ1v) is 9.25. The summed E-state index contributed by atoms with van der Waals surface area (Å²) in [5.41, 5.74) is 3.29. The Morgan fingerprint density at radius 2 is 1.96 bits per heavy atom. The number of H-pyrrole nitrogens is 1. The first-order chi connectivity index (χ1) is 12.7. The number of anilines is 1. The zero-order valence-corrected chi connectivity index (χ0v) is 15.7. The van der Waals surface area contributed by atoms with Crippen LogP contribution in [0.1, 0.15) is 44.7 Å². The van der Waals surface area contributed by atoms with Crippen LogP contribution in [-0.4, -0.2) is 30.3 Å². The molecular formula is C20H27N3O3. The lowest BCUT2D eigenvalue weighted by atomic mass is 10.0. The van der Waals surface area contributed by atoms with E-state index < -0.39 is 0 Å². The van der Waals surface area contributed by atoms with Crippen LogP contribution in [0.15, 0.2) is 18.2 Å². The fraction of sp³-hybridized carbons (Fsp3) is 0.500. The van der Waals surface area contributed by atoms with Gasteiger partial charge in [-0.05, 0) is 43.4 Å². The van der Waals surface area contributed by atoms with Crippen molar-refractivity contribution in [2.24, 2.45) is 5.92 Å². The normalized spacial score (nSPS) is 14.4. The van der Waals surface area contributed by atoms with Crippen LogP contribution < -0.4 is 14.8 Å². The molecule has 1 amide bonds. The molecule has 2 N–H and O–H groups in total. The molecule has 1 aromatic carbocycles. The van der Waals surface area contributed by atoms with Crippen molar-refractivity contribution in [2.75, 3.05) is 19.5 Å². The summed E-state index contributed by atoms with van der Waals surface area (Å²) in [6.07, 6.45) is 6.13. The Morgan fingerprint density at radius 1 is 1.23 bits per heavy atom. The zero-order chi connectivity index (χ0) is 18.5. The molecule has 1 heterocycles. The maximum atomic E-state index is 12.5. The molecule has 0 spiro atoms. The van der Waals surface area contributed by atoms with Crippen LogP contribution in [0.4, 0.5) is 5.69 Å². The number of aryl methyl sites for hydroxylation is 1. The molecule has 0 unspecified atom stereocenters. The Kier molecular flexibility index (Phi) is 5.81. The van der Waals surface area contributed by atoms with Gasteiger partial charge in [-0.15, -0.1) is 0 Å². The number of amides is 1. The maximum absolute atomic E-state index is 12.5. The molecule has 26 heavy (non-hydrogen) atoms. The highest BCUT2D eigenvalue weighted by molar-refractivity contribution is 5.95. The maximum Gasteiger partial charge on any atom is 0.224 e. The van der Waals surface area contributed by atoms with Gasteiger partial charge >= 0.3 is 0 Å². The van der Waals surface area contributed by atoms with Crippen molar-refractivity contribution >= 4 is 11.6 Å². The van der Waals surface area contributed by atoms with Gasteiger partial charge in [0.15, 0.2) is 11.5 Å². The van der Waals surface area contributed by atoms with Gasteiger partial charge in [0, 0.05) is 12.0 Å². The summed E-state index contributed by atoms with van der Waals surface area (Å²) >= 11 is 0. The van der Waals surface area contributed by atoms with E-state index in [-0.39, 0.29) is 5.91 Å². The van der Waals surface area contributed by atoms with E-state index in [9.17, 15) is 4.79 Å². The van der Waals surface area contributed by atoms with Gasteiger partial charge in [0.1, 0.15) is 5.69 Å². The molecule has 3 rings (SSSR count). The second kappa shape index (κ2) is 8.25. The van der Waals surface area contributed by atoms with Crippen LogP contribution in [0.2, 0.25) is 0 Å². The highest BCUT2D eigenvalue weighted by Crippen LogP contribution is 2.36. The minimum atomic E-state index is 0.0646. The average Bonchev–Trinajstić information content (AvgIpc) is 3.30. The summed E-state index contributed by atoms with van der Waals surface area (Å²) < 4.78 is 10.7. The third-order valence-corrected chi connectivity index (χ3v) is 5.07. The highest BCUT2D eigenvalue weighted by atomic mass is 16.5. The monoisotopic (exact) mass is 357 g/mol. The van der Waals surface area contributed by atoms with Gasteiger partial charge in [-0.25, -0.2) is 0 Å². The third kappa shape index (κ3) is 3.84. The minimum Gasteiger partial charge on any atom is -0.493 e. The van der Waals surface area contributed by atoms with E-state index >= 15 is 0 Å². The Morgan fingerprint density at radius 3 is 2.62 bits per heavy atom. The molecule has 1 fully saturated rings. The molecule has 0 bridgehead atoms. The molecule has 2 aromatic rings. The molecule has 0 radical (unpaired) electrons. The zero-order valence-electron chi connectivity index (χ0n) is 15.7. The molecule has 0 saturated heterocycles. The van der Waals surface area contributed by atoms with Crippen molar-refractivity contribution in [3.63, 3.8) is 0 Å². The first kappa shape index (κ1) is 18.3. The number of methoxy groups -OCH3 is 2. The summed E-state index contributed by atoms with van der Waals surface area (Å²) in [6, 6.07) is 5.64. The lowest BCUT2D eigenvalue weighted by Gasteiger charge is -2.12. The molecule has 1 aromatic heterocycles. The minimum absolute atomic E-state index is 0.0646. The Labute approximate surface area is 154 Å². The highest BCUT2D eigenvalue weighted by Gasteiger charge is 2.22. The number of hydrogen-bond donors (Lipinski definition) is 2. The molecule has 6 nitrogen and oxygen atoms in total. The lowest BCUT2D eigenvalue weighted by molar-refractivity contribution is -0.117. The number of aromatic nitrogens is 2. The second-order valence-electron chi connectivity index (χ2n) is 6.75. The van der Waals surface area contributed by atoms with Crippen LogP contribution in [0.3, 0.4) is 0 Å². The molecule has 1 aliphatic rings. The number of nitrogens with one attached hydrogen (secondary N) is 2. The Balaban J connectivity index is 1.86. The largest absolute Gasteiger partial charge is 0.493 e. The molecule has 1 saturated carbocycles. The van der Waals surface area contributed by atoms with Crippen molar-refractivity contribution in [1.29, 1.82) is 0 Å². The van der Waals surface area contributed by atoms with E-state index in [1.165, 1.54) is 12.8 Å². The molecule has 0 atom stereocenters. The topological polar surface area (TPSA) is 76.2 Å². The summed E-state index contributed by atoms with van der Waals surface area (Å²) in [5, 5.41) is 10.6. The van der Waals surface area contributed by atoms with E-state index in [4.69, 9.17) is 9.47 Å². The molecule has 140 valence electrons. The van der Waals surface area contributed by atoms with Crippen LogP contribution in [0.5, 0.6) is 11.5 Å². The van der Waals surface area contributed by atoms with Crippen molar-refractivity contribution in [1.82, 2.24) is 10.2 Å². The summed E-state index contributed by atoms with van der Waals surface area (Å²) in [5.74, 6) is 1.87. The van der Waals surface area contributed by atoms with Gasteiger partial charge in [0.25, 0.3) is 0 Å². The number of carbonyl (C=O) groups excluding carboxylic acids is 1. The van der Waals surface area contributed by atoms with E-state index in [0.717, 1.165) is 41.9 Å². The number of aromatic amines is 1. The number of nitrogens with zero attached hydrogens (tertiary/aromatic N) is 1. The summed E-state index contributed by atoms with van der Waals surface area (Å²) in [4.78, 5) is 12.5. The van der Waals surface area contributed by atoms with Crippen LogP contribution in [0, 0.1) is 5.92 Å². The fourth-order valence-electron chi connectivity index (χ4n) is 3.63. The van der Waals surface area contributed by atoms with Crippen molar-refractivity contribution in [3.8, 4) is 22.8 Å². The number of hydrogen-bond acceptors (Lipinski definition) is 4. The van der Waals surface area contributed by atoms with Gasteiger partial charge in [-0.3, -0.25) is 9.89 Å². The van der Waals surface area contributed by atoms with Gasteiger partial charge in [-0.1, -0.05) is 19.8 Å². The average molecular weight is 357 g/mol. The van der Waals surface area contributed by atoms with E-state index in [2.05, 4.69) is 15.5 Å². The smallest absolute Gasteiger partial charge is 0.224 e. The van der Waals surface area contributed by atoms with Gasteiger partial charge in [0.05, 0.1) is 25.6 Å². The summed E-state index contributed by atoms with van der Waals surface area (Å²) in [6.45, 7) is 2.04. The lowest BCUT2D eigenvalue weighted by Crippen LogP contribution is -2.16. The molecular weight excluding hydrogens is 330 g/mol. The molecule has 6 heteroatoms. The van der Waals surface area contributed by atoms with Crippen molar-refractivity contribution in [3.05, 3.63) is 23.9 Å². The SMILES string of the molecule is CCc1[nH]nc(-c2ccc(OC)c(OC)c2)c1NC(=O)CC1CCCC1. The van der Waals surface area contributed by atoms with Crippen LogP contribution in [0.25, 0.3) is 11.3 Å².